The maximum absolute atomic E-state index is 12.6. The number of hydrogen-bond donors (Lipinski definition) is 1. The Morgan fingerprint density at radius 1 is 1.00 bits per heavy atom. The number of benzene rings is 2. The van der Waals surface area contributed by atoms with Crippen molar-refractivity contribution in [2.75, 3.05) is 39.4 Å². The molecule has 4 rings (SSSR count). The normalized spacial score (nSPS) is 17.6. The van der Waals surface area contributed by atoms with E-state index in [1.807, 2.05) is 18.2 Å². The fourth-order valence-corrected chi connectivity index (χ4v) is 3.83. The van der Waals surface area contributed by atoms with Gasteiger partial charge < -0.3 is 14.8 Å². The van der Waals surface area contributed by atoms with Crippen molar-refractivity contribution in [3.05, 3.63) is 59.7 Å². The van der Waals surface area contributed by atoms with Crippen LogP contribution in [0, 0.1) is 0 Å². The van der Waals surface area contributed by atoms with Gasteiger partial charge in [-0.1, -0.05) is 30.3 Å². The van der Waals surface area contributed by atoms with Crippen molar-refractivity contribution in [1.82, 2.24) is 10.2 Å². The van der Waals surface area contributed by atoms with E-state index in [4.69, 9.17) is 9.47 Å². The van der Waals surface area contributed by atoms with Crippen molar-refractivity contribution in [3.8, 4) is 11.5 Å². The number of likely N-dealkylation sites (tertiary alicyclic amines) is 1. The van der Waals surface area contributed by atoms with E-state index in [2.05, 4.69) is 34.5 Å². The largest absolute Gasteiger partial charge is 0.486 e. The number of nitrogens with zero attached hydrogens (tertiary/aromatic N) is 1. The number of fused-ring (bicyclic) bond motifs is 1. The molecule has 1 unspecified atom stereocenters. The van der Waals surface area contributed by atoms with Crippen molar-refractivity contribution < 1.29 is 14.3 Å². The lowest BCUT2D eigenvalue weighted by molar-refractivity contribution is 0.0986. The molecule has 2 aromatic rings. The van der Waals surface area contributed by atoms with E-state index in [0.717, 1.165) is 19.6 Å². The molecule has 1 saturated heterocycles. The van der Waals surface area contributed by atoms with Gasteiger partial charge in [0, 0.05) is 18.2 Å². The lowest BCUT2D eigenvalue weighted by atomic mass is 10.1. The summed E-state index contributed by atoms with van der Waals surface area (Å²) in [7, 11) is 0. The molecule has 0 spiro atoms. The molecule has 5 nitrogen and oxygen atoms in total. The molecule has 142 valence electrons. The number of ketones is 1. The Kier molecular flexibility index (Phi) is 5.70. The lowest BCUT2D eigenvalue weighted by Crippen LogP contribution is -2.36. The summed E-state index contributed by atoms with van der Waals surface area (Å²) in [6.07, 6.45) is 2.50. The molecule has 1 atom stereocenters. The summed E-state index contributed by atoms with van der Waals surface area (Å²) in [6.45, 7) is 4.41. The zero-order chi connectivity index (χ0) is 18.5. The van der Waals surface area contributed by atoms with Crippen LogP contribution in [0.5, 0.6) is 11.5 Å². The molecule has 2 aromatic carbocycles. The monoisotopic (exact) mass is 366 g/mol. The molecular formula is C22H26N2O3. The van der Waals surface area contributed by atoms with Crippen LogP contribution in [0.1, 0.15) is 34.8 Å². The number of nitrogens with one attached hydrogen (secondary N) is 1. The van der Waals surface area contributed by atoms with Crippen molar-refractivity contribution in [2.24, 2.45) is 0 Å². The van der Waals surface area contributed by atoms with E-state index in [0.29, 0.717) is 42.9 Å². The van der Waals surface area contributed by atoms with Crippen molar-refractivity contribution in [2.45, 2.75) is 18.9 Å². The Morgan fingerprint density at radius 3 is 2.52 bits per heavy atom. The summed E-state index contributed by atoms with van der Waals surface area (Å²) >= 11 is 0. The summed E-state index contributed by atoms with van der Waals surface area (Å²) in [5.41, 5.74) is 1.96. The van der Waals surface area contributed by atoms with Crippen molar-refractivity contribution in [1.29, 1.82) is 0 Å². The van der Waals surface area contributed by atoms with Gasteiger partial charge in [0.05, 0.1) is 6.54 Å². The fourth-order valence-electron chi connectivity index (χ4n) is 3.83. The molecule has 2 aliphatic heterocycles. The maximum atomic E-state index is 12.6. The Balaban J connectivity index is 1.37. The summed E-state index contributed by atoms with van der Waals surface area (Å²) < 4.78 is 11.1. The first-order valence-electron chi connectivity index (χ1n) is 9.74. The fraction of sp³-hybridized carbons (Fsp3) is 0.409. The van der Waals surface area contributed by atoms with Gasteiger partial charge >= 0.3 is 0 Å². The van der Waals surface area contributed by atoms with Gasteiger partial charge in [0.15, 0.2) is 17.3 Å². The van der Waals surface area contributed by atoms with Crippen LogP contribution in [0.2, 0.25) is 0 Å². The number of carbonyl (C=O) groups excluding carboxylic acids is 1. The van der Waals surface area contributed by atoms with Crippen LogP contribution in [0.3, 0.4) is 0 Å². The number of ether oxygens (including phenoxy) is 2. The van der Waals surface area contributed by atoms with Crippen LogP contribution in [-0.2, 0) is 0 Å². The average molecular weight is 366 g/mol. The molecular weight excluding hydrogens is 340 g/mol. The molecule has 2 heterocycles. The predicted octanol–water partition coefficient (Wildman–Crippen LogP) is 3.07. The average Bonchev–Trinajstić information content (AvgIpc) is 3.26. The third-order valence-electron chi connectivity index (χ3n) is 5.25. The highest BCUT2D eigenvalue weighted by Gasteiger charge is 2.23. The summed E-state index contributed by atoms with van der Waals surface area (Å²) in [6, 6.07) is 16.3. The van der Waals surface area contributed by atoms with Crippen LogP contribution in [0.15, 0.2) is 48.5 Å². The van der Waals surface area contributed by atoms with Crippen molar-refractivity contribution in [3.63, 3.8) is 0 Å². The van der Waals surface area contributed by atoms with Gasteiger partial charge in [-0.2, -0.15) is 0 Å². The maximum Gasteiger partial charge on any atom is 0.176 e. The van der Waals surface area contributed by atoms with Crippen LogP contribution < -0.4 is 14.8 Å². The van der Waals surface area contributed by atoms with Gasteiger partial charge in [-0.25, -0.2) is 0 Å². The van der Waals surface area contributed by atoms with E-state index in [1.54, 1.807) is 6.07 Å². The molecule has 5 heteroatoms. The minimum Gasteiger partial charge on any atom is -0.486 e. The van der Waals surface area contributed by atoms with Gasteiger partial charge in [-0.15, -0.1) is 0 Å². The summed E-state index contributed by atoms with van der Waals surface area (Å²) in [5.74, 6) is 1.44. The van der Waals surface area contributed by atoms with E-state index in [1.165, 1.54) is 18.4 Å². The molecule has 0 radical (unpaired) electrons. The second kappa shape index (κ2) is 8.55. The van der Waals surface area contributed by atoms with E-state index in [9.17, 15) is 4.79 Å². The van der Waals surface area contributed by atoms with Crippen LogP contribution in [-0.4, -0.2) is 50.1 Å². The predicted molar refractivity (Wildman–Crippen MR) is 105 cm³/mol. The summed E-state index contributed by atoms with van der Waals surface area (Å²) in [4.78, 5) is 15.1. The van der Waals surface area contributed by atoms with E-state index >= 15 is 0 Å². The molecule has 0 aliphatic carbocycles. The Labute approximate surface area is 160 Å². The van der Waals surface area contributed by atoms with Gasteiger partial charge in [0.2, 0.25) is 0 Å². The molecule has 1 fully saturated rings. The standard InChI is InChI=1S/C22H26N2O3/c25-20(18-8-9-21-22(14-18)27-13-12-26-21)16-23-15-19(24-10-4-5-11-24)17-6-2-1-3-7-17/h1-3,6-9,14,19,23H,4-5,10-13,15-16H2. The van der Waals surface area contributed by atoms with Gasteiger partial charge in [-0.3, -0.25) is 9.69 Å². The van der Waals surface area contributed by atoms with Crippen LogP contribution in [0.4, 0.5) is 0 Å². The first-order chi connectivity index (χ1) is 13.3. The SMILES string of the molecule is O=C(CNCC(c1ccccc1)N1CCCC1)c1ccc2c(c1)OCCO2. The van der Waals surface area contributed by atoms with Crippen molar-refractivity contribution >= 4 is 5.78 Å². The van der Waals surface area contributed by atoms with Crippen LogP contribution >= 0.6 is 0 Å². The Morgan fingerprint density at radius 2 is 1.74 bits per heavy atom. The highest BCUT2D eigenvalue weighted by Crippen LogP contribution is 2.31. The smallest absolute Gasteiger partial charge is 0.176 e. The zero-order valence-electron chi connectivity index (χ0n) is 15.5. The van der Waals surface area contributed by atoms with Gasteiger partial charge in [-0.05, 0) is 49.7 Å². The third kappa shape index (κ3) is 4.31. The third-order valence-corrected chi connectivity index (χ3v) is 5.25. The minimum atomic E-state index is 0.0696. The van der Waals surface area contributed by atoms with E-state index < -0.39 is 0 Å². The number of rotatable bonds is 7. The Hall–Kier alpha value is -2.37. The highest BCUT2D eigenvalue weighted by molar-refractivity contribution is 5.98. The number of carbonyl (C=O) groups is 1. The molecule has 0 saturated carbocycles. The first kappa shape index (κ1) is 18.0. The zero-order valence-corrected chi connectivity index (χ0v) is 15.5. The molecule has 0 aromatic heterocycles. The molecule has 0 bridgehead atoms. The Bertz CT molecular complexity index is 772. The molecule has 2 aliphatic rings. The molecule has 0 amide bonds. The van der Waals surface area contributed by atoms with E-state index in [-0.39, 0.29) is 5.78 Å². The molecule has 27 heavy (non-hydrogen) atoms. The second-order valence-electron chi connectivity index (χ2n) is 7.08. The number of hydrogen-bond acceptors (Lipinski definition) is 5. The lowest BCUT2D eigenvalue weighted by Gasteiger charge is -2.28. The minimum absolute atomic E-state index is 0.0696. The molecule has 1 N–H and O–H groups in total. The summed E-state index contributed by atoms with van der Waals surface area (Å²) in [5, 5.41) is 3.38. The first-order valence-corrected chi connectivity index (χ1v) is 9.74. The second-order valence-corrected chi connectivity index (χ2v) is 7.08. The van der Waals surface area contributed by atoms with Crippen LogP contribution in [0.25, 0.3) is 0 Å². The van der Waals surface area contributed by atoms with Gasteiger partial charge in [0.25, 0.3) is 0 Å². The highest BCUT2D eigenvalue weighted by atomic mass is 16.6. The quantitative estimate of drug-likeness (QED) is 0.763. The number of Topliss-reactive ketones (excluding diaryl/α,β-unsaturated/α-hetero) is 1. The topological polar surface area (TPSA) is 50.8 Å². The van der Waals surface area contributed by atoms with Gasteiger partial charge in [0.1, 0.15) is 13.2 Å².